The Morgan fingerprint density at radius 3 is 2.36 bits per heavy atom. The lowest BCUT2D eigenvalue weighted by Crippen LogP contribution is -2.51. The van der Waals surface area contributed by atoms with Gasteiger partial charge in [-0.25, -0.2) is 4.98 Å². The number of morpholine rings is 1. The Hall–Kier alpha value is -2.87. The number of likely N-dealkylation sites (tertiary alicyclic amines) is 1. The molecule has 2 aromatic rings. The minimum Gasteiger partial charge on any atom is -0.497 e. The topological polar surface area (TPSA) is 85.1 Å². The van der Waals surface area contributed by atoms with Crippen molar-refractivity contribution in [2.45, 2.75) is 51.7 Å². The zero-order chi connectivity index (χ0) is 23.4. The molecule has 4 rings (SSSR count). The molecule has 33 heavy (non-hydrogen) atoms. The van der Waals surface area contributed by atoms with Gasteiger partial charge in [0.05, 0.1) is 25.5 Å². The highest BCUT2D eigenvalue weighted by atomic mass is 16.5. The summed E-state index contributed by atoms with van der Waals surface area (Å²) >= 11 is 0. The van der Waals surface area contributed by atoms with Gasteiger partial charge in [0.25, 0.3) is 0 Å². The molecule has 0 saturated carbocycles. The average Bonchev–Trinajstić information content (AvgIpc) is 3.30. The molecule has 2 amide bonds. The summed E-state index contributed by atoms with van der Waals surface area (Å²) in [7, 11) is 1.63. The number of methoxy groups -OCH3 is 1. The predicted molar refractivity (Wildman–Crippen MR) is 123 cm³/mol. The normalized spacial score (nSPS) is 21.8. The van der Waals surface area contributed by atoms with Crippen molar-refractivity contribution < 1.29 is 23.5 Å². The Labute approximate surface area is 194 Å². The zero-order valence-electron chi connectivity index (χ0n) is 19.7. The number of hydrogen-bond donors (Lipinski definition) is 0. The molecule has 1 aromatic heterocycles. The number of nitrogens with zero attached hydrogens (tertiary/aromatic N) is 3. The number of carbonyl (C=O) groups is 2. The van der Waals surface area contributed by atoms with Gasteiger partial charge in [0.1, 0.15) is 5.75 Å². The standard InChI is InChI=1S/C25H33N3O5/c1-17-15-28(16-18(2)32-17)25(30)20-10-12-27(13-11-20)24(29)9-8-23-26-14-22(33-23)19-4-6-21(31-3)7-5-19/h4-7,14,17-18,20H,8-13,15-16H2,1-3H3. The number of carbonyl (C=O) groups excluding carboxylic acids is 2. The van der Waals surface area contributed by atoms with Crippen molar-refractivity contribution in [3.8, 4) is 17.1 Å². The lowest BCUT2D eigenvalue weighted by molar-refractivity contribution is -0.150. The maximum atomic E-state index is 12.9. The Kier molecular flexibility index (Phi) is 7.33. The second-order valence-electron chi connectivity index (χ2n) is 9.00. The molecule has 0 aliphatic carbocycles. The first-order valence-electron chi connectivity index (χ1n) is 11.7. The van der Waals surface area contributed by atoms with Gasteiger partial charge in [-0.05, 0) is 51.0 Å². The zero-order valence-corrected chi connectivity index (χ0v) is 19.7. The fraction of sp³-hybridized carbons (Fsp3) is 0.560. The van der Waals surface area contributed by atoms with E-state index in [1.807, 2.05) is 47.9 Å². The van der Waals surface area contributed by atoms with Crippen LogP contribution < -0.4 is 4.74 Å². The van der Waals surface area contributed by atoms with E-state index in [2.05, 4.69) is 4.98 Å². The van der Waals surface area contributed by atoms with Crippen LogP contribution in [0.4, 0.5) is 0 Å². The van der Waals surface area contributed by atoms with Crippen LogP contribution in [0.15, 0.2) is 34.9 Å². The molecular formula is C25H33N3O5. The number of aromatic nitrogens is 1. The molecule has 0 N–H and O–H groups in total. The molecule has 0 radical (unpaired) electrons. The van der Waals surface area contributed by atoms with Crippen LogP contribution in [0.25, 0.3) is 11.3 Å². The number of piperidine rings is 1. The van der Waals surface area contributed by atoms with E-state index < -0.39 is 0 Å². The summed E-state index contributed by atoms with van der Waals surface area (Å²) in [4.78, 5) is 33.8. The monoisotopic (exact) mass is 455 g/mol. The van der Waals surface area contributed by atoms with Crippen molar-refractivity contribution in [1.82, 2.24) is 14.8 Å². The summed E-state index contributed by atoms with van der Waals surface area (Å²) in [6.07, 6.45) is 4.05. The van der Waals surface area contributed by atoms with E-state index in [0.29, 0.717) is 63.5 Å². The third-order valence-electron chi connectivity index (χ3n) is 6.41. The van der Waals surface area contributed by atoms with E-state index in [1.165, 1.54) is 0 Å². The summed E-state index contributed by atoms with van der Waals surface area (Å²) in [5.41, 5.74) is 0.914. The molecule has 1 aromatic carbocycles. The highest BCUT2D eigenvalue weighted by Crippen LogP contribution is 2.25. The summed E-state index contributed by atoms with van der Waals surface area (Å²) in [6, 6.07) is 7.57. The van der Waals surface area contributed by atoms with E-state index in [9.17, 15) is 9.59 Å². The predicted octanol–water partition coefficient (Wildman–Crippen LogP) is 3.16. The van der Waals surface area contributed by atoms with Crippen LogP contribution in [-0.4, -0.2) is 72.1 Å². The van der Waals surface area contributed by atoms with Crippen molar-refractivity contribution in [2.24, 2.45) is 5.92 Å². The highest BCUT2D eigenvalue weighted by Gasteiger charge is 2.33. The maximum Gasteiger partial charge on any atom is 0.225 e. The third kappa shape index (κ3) is 5.74. The molecular weight excluding hydrogens is 422 g/mol. The first-order valence-corrected chi connectivity index (χ1v) is 11.7. The minimum absolute atomic E-state index is 0.00894. The van der Waals surface area contributed by atoms with Gasteiger partial charge >= 0.3 is 0 Å². The molecule has 0 spiro atoms. The van der Waals surface area contributed by atoms with E-state index in [0.717, 1.165) is 11.3 Å². The molecule has 8 heteroatoms. The van der Waals surface area contributed by atoms with Gasteiger partial charge in [0, 0.05) is 50.5 Å². The van der Waals surface area contributed by atoms with Crippen molar-refractivity contribution in [2.75, 3.05) is 33.3 Å². The number of oxazole rings is 1. The molecule has 2 fully saturated rings. The molecule has 2 aliphatic rings. The summed E-state index contributed by atoms with van der Waals surface area (Å²) in [5.74, 6) is 2.28. The van der Waals surface area contributed by atoms with E-state index >= 15 is 0 Å². The number of aryl methyl sites for hydroxylation is 1. The van der Waals surface area contributed by atoms with Crippen LogP contribution in [0.1, 0.15) is 39.0 Å². The van der Waals surface area contributed by atoms with Crippen molar-refractivity contribution >= 4 is 11.8 Å². The van der Waals surface area contributed by atoms with Gasteiger partial charge in [-0.15, -0.1) is 0 Å². The van der Waals surface area contributed by atoms with Crippen LogP contribution in [0, 0.1) is 5.92 Å². The molecule has 2 atom stereocenters. The van der Waals surface area contributed by atoms with Crippen LogP contribution in [0.2, 0.25) is 0 Å². The Balaban J connectivity index is 1.23. The van der Waals surface area contributed by atoms with Gasteiger partial charge in [-0.3, -0.25) is 9.59 Å². The first kappa shape index (κ1) is 23.3. The third-order valence-corrected chi connectivity index (χ3v) is 6.41. The molecule has 2 aliphatic heterocycles. The van der Waals surface area contributed by atoms with Crippen LogP contribution >= 0.6 is 0 Å². The van der Waals surface area contributed by atoms with Crippen molar-refractivity contribution in [1.29, 1.82) is 0 Å². The molecule has 178 valence electrons. The summed E-state index contributed by atoms with van der Waals surface area (Å²) in [5, 5.41) is 0. The smallest absolute Gasteiger partial charge is 0.225 e. The van der Waals surface area contributed by atoms with Crippen molar-refractivity contribution in [3.63, 3.8) is 0 Å². The quantitative estimate of drug-likeness (QED) is 0.665. The second-order valence-corrected chi connectivity index (χ2v) is 9.00. The Morgan fingerprint density at radius 2 is 1.73 bits per heavy atom. The minimum atomic E-state index is -0.00894. The van der Waals surface area contributed by atoms with Gasteiger partial charge in [-0.2, -0.15) is 0 Å². The number of rotatable bonds is 6. The number of hydrogen-bond acceptors (Lipinski definition) is 6. The van der Waals surface area contributed by atoms with Crippen LogP contribution in [0.5, 0.6) is 5.75 Å². The van der Waals surface area contributed by atoms with Gasteiger partial charge in [0.15, 0.2) is 11.7 Å². The van der Waals surface area contributed by atoms with E-state index in [1.54, 1.807) is 13.3 Å². The fourth-order valence-corrected chi connectivity index (χ4v) is 4.68. The first-order chi connectivity index (χ1) is 15.9. The SMILES string of the molecule is COc1ccc(-c2cnc(CCC(=O)N3CCC(C(=O)N4CC(C)OC(C)C4)CC3)o2)cc1. The average molecular weight is 456 g/mol. The van der Waals surface area contributed by atoms with Crippen LogP contribution in [0.3, 0.4) is 0 Å². The Bertz CT molecular complexity index is 939. The molecule has 0 bridgehead atoms. The highest BCUT2D eigenvalue weighted by molar-refractivity contribution is 5.80. The molecule has 3 heterocycles. The lowest BCUT2D eigenvalue weighted by Gasteiger charge is -2.39. The fourth-order valence-electron chi connectivity index (χ4n) is 4.68. The largest absolute Gasteiger partial charge is 0.497 e. The van der Waals surface area contributed by atoms with Crippen molar-refractivity contribution in [3.05, 3.63) is 36.4 Å². The number of amides is 2. The molecule has 2 unspecified atom stereocenters. The molecule has 8 nitrogen and oxygen atoms in total. The van der Waals surface area contributed by atoms with E-state index in [-0.39, 0.29) is 29.9 Å². The van der Waals surface area contributed by atoms with Gasteiger partial charge in [-0.1, -0.05) is 0 Å². The van der Waals surface area contributed by atoms with Crippen LogP contribution in [-0.2, 0) is 20.7 Å². The second kappa shape index (κ2) is 10.4. The van der Waals surface area contributed by atoms with E-state index in [4.69, 9.17) is 13.9 Å². The number of benzene rings is 1. The maximum absolute atomic E-state index is 12.9. The molecule has 2 saturated heterocycles. The summed E-state index contributed by atoms with van der Waals surface area (Å²) < 4.78 is 16.7. The Morgan fingerprint density at radius 1 is 1.06 bits per heavy atom. The van der Waals surface area contributed by atoms with Gasteiger partial charge in [0.2, 0.25) is 11.8 Å². The number of ether oxygens (including phenoxy) is 2. The lowest BCUT2D eigenvalue weighted by atomic mass is 9.94. The summed E-state index contributed by atoms with van der Waals surface area (Å²) in [6.45, 7) is 6.55. The van der Waals surface area contributed by atoms with Gasteiger partial charge < -0.3 is 23.7 Å².